The number of ether oxygens (including phenoxy) is 2. The van der Waals surface area contributed by atoms with Crippen LogP contribution in [0.4, 0.5) is 26.3 Å². The number of amides is 1. The molecule has 0 bridgehead atoms. The highest BCUT2D eigenvalue weighted by Gasteiger charge is 2.36. The Bertz CT molecular complexity index is 1140. The maximum Gasteiger partial charge on any atom is 0.573 e. The van der Waals surface area contributed by atoms with Crippen LogP contribution in [0.15, 0.2) is 59.1 Å². The van der Waals surface area contributed by atoms with Crippen LogP contribution in [0.2, 0.25) is 0 Å². The molecule has 2 aliphatic rings. The number of halogens is 6. The third-order valence-electron chi connectivity index (χ3n) is 5.16. The van der Waals surface area contributed by atoms with Crippen molar-refractivity contribution in [2.75, 3.05) is 6.54 Å². The van der Waals surface area contributed by atoms with Gasteiger partial charge in [-0.25, -0.2) is 0 Å². The molecule has 11 heteroatoms. The first kappa shape index (κ1) is 22.7. The van der Waals surface area contributed by atoms with E-state index in [1.807, 2.05) is 0 Å². The number of carbonyl (C=O) groups excluding carboxylic acids is 1. The molecule has 1 amide bonds. The topological polar surface area (TPSA) is 59.9 Å². The van der Waals surface area contributed by atoms with Gasteiger partial charge in [0.15, 0.2) is 11.5 Å². The molecule has 2 aromatic rings. The number of amidine groups is 1. The Morgan fingerprint density at radius 2 is 1.79 bits per heavy atom. The Kier molecular flexibility index (Phi) is 5.81. The molecule has 0 aromatic heterocycles. The molecule has 1 atom stereocenters. The number of hydrogen-bond acceptors (Lipinski definition) is 4. The number of nitrogens with one attached hydrogen (secondary N) is 1. The van der Waals surface area contributed by atoms with Gasteiger partial charge in [0.05, 0.1) is 12.1 Å². The lowest BCUT2D eigenvalue weighted by Crippen LogP contribution is -2.38. The van der Waals surface area contributed by atoms with Crippen molar-refractivity contribution >= 4 is 11.7 Å². The molecule has 1 saturated heterocycles. The third kappa shape index (κ3) is 5.12. The summed E-state index contributed by atoms with van der Waals surface area (Å²) < 4.78 is 88.1. The van der Waals surface area contributed by atoms with Gasteiger partial charge in [-0.2, -0.15) is 13.2 Å². The predicted octanol–water partition coefficient (Wildman–Crippen LogP) is 5.13. The van der Waals surface area contributed by atoms with Crippen molar-refractivity contribution in [3.05, 3.63) is 70.8 Å². The van der Waals surface area contributed by atoms with E-state index in [-0.39, 0.29) is 23.6 Å². The minimum absolute atomic E-state index is 0.00449. The smallest absolute Gasteiger partial charge is 0.485 e. The monoisotopic (exact) mass is 470 g/mol. The van der Waals surface area contributed by atoms with Crippen molar-refractivity contribution in [3.8, 4) is 11.5 Å². The summed E-state index contributed by atoms with van der Waals surface area (Å²) in [6.45, 7) is -0.287. The molecule has 0 spiro atoms. The summed E-state index contributed by atoms with van der Waals surface area (Å²) in [5.74, 6) is -1.61. The van der Waals surface area contributed by atoms with E-state index in [1.54, 1.807) is 6.08 Å². The van der Waals surface area contributed by atoms with Gasteiger partial charge < -0.3 is 14.8 Å². The van der Waals surface area contributed by atoms with Gasteiger partial charge in [-0.15, -0.1) is 13.2 Å². The Balaban J connectivity index is 1.64. The van der Waals surface area contributed by atoms with E-state index in [0.717, 1.165) is 12.1 Å². The van der Waals surface area contributed by atoms with Gasteiger partial charge in [0.25, 0.3) is 0 Å². The van der Waals surface area contributed by atoms with E-state index in [0.29, 0.717) is 23.5 Å². The van der Waals surface area contributed by atoms with E-state index >= 15 is 0 Å². The van der Waals surface area contributed by atoms with Crippen LogP contribution in [-0.2, 0) is 17.6 Å². The fourth-order valence-electron chi connectivity index (χ4n) is 3.76. The van der Waals surface area contributed by atoms with Crippen molar-refractivity contribution in [2.45, 2.75) is 31.5 Å². The van der Waals surface area contributed by atoms with Crippen molar-refractivity contribution in [3.63, 3.8) is 0 Å². The van der Waals surface area contributed by atoms with Crippen LogP contribution in [0.5, 0.6) is 11.5 Å². The van der Waals surface area contributed by atoms with Crippen molar-refractivity contribution in [1.29, 1.82) is 0 Å². The lowest BCUT2D eigenvalue weighted by atomic mass is 9.85. The van der Waals surface area contributed by atoms with Gasteiger partial charge in [0.2, 0.25) is 5.91 Å². The van der Waals surface area contributed by atoms with E-state index in [2.05, 4.69) is 15.0 Å². The zero-order valence-electron chi connectivity index (χ0n) is 16.8. The molecule has 0 radical (unpaired) electrons. The second-order valence-corrected chi connectivity index (χ2v) is 7.35. The summed E-state index contributed by atoms with van der Waals surface area (Å²) in [7, 11) is 0. The molecule has 2 aromatic carbocycles. The largest absolute Gasteiger partial charge is 0.573 e. The molecule has 0 aliphatic carbocycles. The summed E-state index contributed by atoms with van der Waals surface area (Å²) in [5.41, 5.74) is -0.158. The molecular formula is C22H16F6N2O3. The molecule has 4 rings (SSSR count). The molecule has 2 aliphatic heterocycles. The SMILES string of the molecule is O=C1CC(c2ccc(OCc3ccccc3C(F)(F)F)c(OC(F)(F)F)c2)C2=CCN=C2N1. The number of alkyl halides is 6. The molecule has 1 unspecified atom stereocenters. The minimum Gasteiger partial charge on any atom is -0.485 e. The Morgan fingerprint density at radius 1 is 1.03 bits per heavy atom. The fraction of sp³-hybridized carbons (Fsp3) is 0.273. The first-order valence-electron chi connectivity index (χ1n) is 9.73. The number of rotatable bonds is 5. The van der Waals surface area contributed by atoms with E-state index in [1.165, 1.54) is 30.3 Å². The van der Waals surface area contributed by atoms with Gasteiger partial charge in [-0.05, 0) is 23.8 Å². The molecular weight excluding hydrogens is 454 g/mol. The van der Waals surface area contributed by atoms with Crippen molar-refractivity contribution in [1.82, 2.24) is 5.32 Å². The normalized spacial score (nSPS) is 18.2. The number of aliphatic imine (C=N–C) groups is 1. The zero-order valence-corrected chi connectivity index (χ0v) is 16.8. The van der Waals surface area contributed by atoms with Crippen LogP contribution in [0.1, 0.15) is 29.0 Å². The van der Waals surface area contributed by atoms with Crippen LogP contribution in [0.3, 0.4) is 0 Å². The van der Waals surface area contributed by atoms with Crippen molar-refractivity contribution in [2.24, 2.45) is 4.99 Å². The number of benzene rings is 2. The van der Waals surface area contributed by atoms with Gasteiger partial charge in [-0.3, -0.25) is 9.79 Å². The zero-order chi connectivity index (χ0) is 23.8. The predicted molar refractivity (Wildman–Crippen MR) is 105 cm³/mol. The summed E-state index contributed by atoms with van der Waals surface area (Å²) in [6.07, 6.45) is -7.95. The average Bonchev–Trinajstić information content (AvgIpc) is 3.19. The highest BCUT2D eigenvalue weighted by Crippen LogP contribution is 2.40. The quantitative estimate of drug-likeness (QED) is 0.617. The van der Waals surface area contributed by atoms with Crippen LogP contribution >= 0.6 is 0 Å². The summed E-state index contributed by atoms with van der Waals surface area (Å²) in [6, 6.07) is 8.33. The molecule has 1 N–H and O–H groups in total. The fourth-order valence-corrected chi connectivity index (χ4v) is 3.76. The summed E-state index contributed by atoms with van der Waals surface area (Å²) in [5, 5.41) is 2.61. The maximum absolute atomic E-state index is 13.2. The van der Waals surface area contributed by atoms with E-state index in [4.69, 9.17) is 4.74 Å². The molecule has 33 heavy (non-hydrogen) atoms. The highest BCUT2D eigenvalue weighted by molar-refractivity contribution is 6.12. The number of hydrogen-bond donors (Lipinski definition) is 1. The van der Waals surface area contributed by atoms with Gasteiger partial charge in [0.1, 0.15) is 12.4 Å². The first-order valence-corrected chi connectivity index (χ1v) is 9.73. The van der Waals surface area contributed by atoms with Crippen molar-refractivity contribution < 1.29 is 40.6 Å². The van der Waals surface area contributed by atoms with Gasteiger partial charge in [-0.1, -0.05) is 30.3 Å². The summed E-state index contributed by atoms with van der Waals surface area (Å²) >= 11 is 0. The average molecular weight is 470 g/mol. The van der Waals surface area contributed by atoms with Crippen LogP contribution in [0.25, 0.3) is 0 Å². The Morgan fingerprint density at radius 3 is 2.52 bits per heavy atom. The number of piperidine rings is 1. The molecule has 1 fully saturated rings. The third-order valence-corrected chi connectivity index (χ3v) is 5.16. The van der Waals surface area contributed by atoms with Gasteiger partial charge >= 0.3 is 12.5 Å². The number of carbonyl (C=O) groups is 1. The van der Waals surface area contributed by atoms with Crippen LogP contribution in [0, 0.1) is 0 Å². The first-order chi connectivity index (χ1) is 15.5. The second-order valence-electron chi connectivity index (χ2n) is 7.35. The number of fused-ring (bicyclic) bond motifs is 1. The standard InChI is InChI=1S/C22H16F6N2O3/c23-21(24,25)16-4-2-1-3-13(16)11-32-17-6-5-12(9-18(17)33-22(26,27)28)15-10-19(31)30-20-14(15)7-8-29-20/h1-7,9,15H,8,10-11H2,(H,29,30,31). The lowest BCUT2D eigenvalue weighted by molar-refractivity contribution is -0.275. The Hall–Kier alpha value is -3.50. The molecule has 5 nitrogen and oxygen atoms in total. The maximum atomic E-state index is 13.2. The highest BCUT2D eigenvalue weighted by atomic mass is 19.4. The molecule has 0 saturated carbocycles. The molecule has 174 valence electrons. The molecule has 2 heterocycles. The van der Waals surface area contributed by atoms with Gasteiger partial charge in [0, 0.05) is 23.5 Å². The summed E-state index contributed by atoms with van der Waals surface area (Å²) in [4.78, 5) is 16.1. The van der Waals surface area contributed by atoms with Crippen LogP contribution in [-0.4, -0.2) is 24.6 Å². The second kappa shape index (κ2) is 8.45. The minimum atomic E-state index is -5.07. The van der Waals surface area contributed by atoms with Crippen LogP contribution < -0.4 is 14.8 Å². The van der Waals surface area contributed by atoms with E-state index in [9.17, 15) is 31.1 Å². The Labute approximate surface area is 183 Å². The number of nitrogens with zero attached hydrogens (tertiary/aromatic N) is 1. The van der Waals surface area contributed by atoms with E-state index < -0.39 is 36.4 Å². The lowest BCUT2D eigenvalue weighted by Gasteiger charge is -2.26.